The van der Waals surface area contributed by atoms with Gasteiger partial charge in [0.25, 0.3) is 0 Å². The first-order chi connectivity index (χ1) is 13.1. The van der Waals surface area contributed by atoms with E-state index < -0.39 is 12.2 Å². The third kappa shape index (κ3) is 6.77. The van der Waals surface area contributed by atoms with Gasteiger partial charge < -0.3 is 14.4 Å². The van der Waals surface area contributed by atoms with Gasteiger partial charge in [0.05, 0.1) is 18.7 Å². The predicted octanol–water partition coefficient (Wildman–Crippen LogP) is 4.67. The number of carbonyl (C=O) groups is 2. The van der Waals surface area contributed by atoms with Crippen LogP contribution < -0.4 is 0 Å². The van der Waals surface area contributed by atoms with E-state index in [4.69, 9.17) is 9.47 Å². The molecule has 0 heterocycles. The summed E-state index contributed by atoms with van der Waals surface area (Å²) in [6.07, 6.45) is 0.715. The first kappa shape index (κ1) is 20.5. The summed E-state index contributed by atoms with van der Waals surface area (Å²) in [7, 11) is 0. The lowest BCUT2D eigenvalue weighted by Gasteiger charge is -2.27. The number of amides is 1. The minimum Gasteiger partial charge on any atom is -0.457 e. The molecule has 0 N–H and O–H groups in total. The highest BCUT2D eigenvalue weighted by atomic mass is 16.6. The van der Waals surface area contributed by atoms with Gasteiger partial charge in [0.15, 0.2) is 0 Å². The molecule has 0 radical (unpaired) electrons. The number of esters is 1. The van der Waals surface area contributed by atoms with Gasteiger partial charge in [-0.25, -0.2) is 9.59 Å². The van der Waals surface area contributed by atoms with E-state index in [-0.39, 0.29) is 5.97 Å². The first-order valence-corrected chi connectivity index (χ1v) is 9.35. The van der Waals surface area contributed by atoms with E-state index in [0.717, 1.165) is 12.0 Å². The molecular formula is C22H27NO4. The van der Waals surface area contributed by atoms with Gasteiger partial charge in [-0.1, -0.05) is 61.9 Å². The van der Waals surface area contributed by atoms with Gasteiger partial charge in [-0.15, -0.1) is 0 Å². The van der Waals surface area contributed by atoms with E-state index in [9.17, 15) is 9.59 Å². The quantitative estimate of drug-likeness (QED) is 0.603. The molecule has 0 aromatic heterocycles. The third-order valence-electron chi connectivity index (χ3n) is 4.06. The van der Waals surface area contributed by atoms with E-state index in [0.29, 0.717) is 31.7 Å². The van der Waals surface area contributed by atoms with Gasteiger partial charge in [-0.2, -0.15) is 0 Å². The van der Waals surface area contributed by atoms with Crippen molar-refractivity contribution in [3.05, 3.63) is 71.8 Å². The average molecular weight is 369 g/mol. The van der Waals surface area contributed by atoms with Crippen molar-refractivity contribution < 1.29 is 19.1 Å². The summed E-state index contributed by atoms with van der Waals surface area (Å²) in [6.45, 7) is 4.79. The van der Waals surface area contributed by atoms with Crippen molar-refractivity contribution in [1.29, 1.82) is 0 Å². The molecule has 0 aliphatic rings. The second-order valence-corrected chi connectivity index (χ2v) is 6.25. The van der Waals surface area contributed by atoms with Crippen molar-refractivity contribution in [2.24, 2.45) is 0 Å². The Balaban J connectivity index is 2.09. The van der Waals surface area contributed by atoms with Crippen molar-refractivity contribution >= 4 is 12.1 Å². The lowest BCUT2D eigenvalue weighted by Crippen LogP contribution is -2.39. The zero-order chi connectivity index (χ0) is 19.5. The van der Waals surface area contributed by atoms with Crippen LogP contribution in [0.1, 0.15) is 42.6 Å². The molecule has 0 fully saturated rings. The first-order valence-electron chi connectivity index (χ1n) is 9.35. The fraction of sp³-hybridized carbons (Fsp3) is 0.364. The molecule has 1 unspecified atom stereocenters. The van der Waals surface area contributed by atoms with Crippen LogP contribution in [-0.2, 0) is 16.0 Å². The number of ether oxygens (including phenoxy) is 2. The topological polar surface area (TPSA) is 55.8 Å². The zero-order valence-corrected chi connectivity index (χ0v) is 16.0. The molecule has 2 aromatic rings. The number of benzene rings is 2. The zero-order valence-electron chi connectivity index (χ0n) is 16.0. The number of nitrogens with zero attached hydrogens (tertiary/aromatic N) is 1. The fourth-order valence-electron chi connectivity index (χ4n) is 2.77. The number of hydrogen-bond donors (Lipinski definition) is 0. The Kier molecular flexibility index (Phi) is 8.36. The van der Waals surface area contributed by atoms with E-state index >= 15 is 0 Å². The highest BCUT2D eigenvalue weighted by molar-refractivity contribution is 5.89. The Morgan fingerprint density at radius 3 is 2.19 bits per heavy atom. The predicted molar refractivity (Wildman–Crippen MR) is 104 cm³/mol. The minimum atomic E-state index is -0.404. The fourth-order valence-corrected chi connectivity index (χ4v) is 2.77. The summed E-state index contributed by atoms with van der Waals surface area (Å²) in [6, 6.07) is 18.6. The van der Waals surface area contributed by atoms with Crippen LogP contribution in [-0.4, -0.2) is 36.2 Å². The molecule has 0 aliphatic carbocycles. The summed E-state index contributed by atoms with van der Waals surface area (Å²) in [5, 5.41) is 0. The third-order valence-corrected chi connectivity index (χ3v) is 4.06. The molecule has 5 heteroatoms. The number of rotatable bonds is 9. The van der Waals surface area contributed by atoms with E-state index in [1.807, 2.05) is 43.3 Å². The second kappa shape index (κ2) is 11.0. The van der Waals surface area contributed by atoms with Crippen molar-refractivity contribution in [3.63, 3.8) is 0 Å². The molecule has 5 nitrogen and oxygen atoms in total. The Morgan fingerprint density at radius 1 is 0.963 bits per heavy atom. The molecule has 2 rings (SSSR count). The van der Waals surface area contributed by atoms with Gasteiger partial charge in [-0.3, -0.25) is 0 Å². The largest absolute Gasteiger partial charge is 0.457 e. The SMILES string of the molecule is CCCC(CN(Cc1ccccc1)C(=O)OCC)OC(=O)c1ccccc1. The van der Waals surface area contributed by atoms with Crippen LogP contribution in [0.2, 0.25) is 0 Å². The van der Waals surface area contributed by atoms with Crippen LogP contribution in [0.4, 0.5) is 4.79 Å². The molecular weight excluding hydrogens is 342 g/mol. The Bertz CT molecular complexity index is 703. The Hall–Kier alpha value is -2.82. The van der Waals surface area contributed by atoms with Crippen molar-refractivity contribution in [3.8, 4) is 0 Å². The van der Waals surface area contributed by atoms with Crippen LogP contribution in [0, 0.1) is 0 Å². The average Bonchev–Trinajstić information content (AvgIpc) is 2.69. The van der Waals surface area contributed by atoms with E-state index in [1.54, 1.807) is 36.1 Å². The standard InChI is InChI=1S/C22H27NO4/c1-3-11-20(27-21(24)19-14-9-6-10-15-19)17-23(22(25)26-4-2)16-18-12-7-5-8-13-18/h5-10,12-15,20H,3-4,11,16-17H2,1-2H3. The van der Waals surface area contributed by atoms with Crippen molar-refractivity contribution in [2.45, 2.75) is 39.3 Å². The Labute approximate surface area is 160 Å². The molecule has 0 saturated carbocycles. The van der Waals surface area contributed by atoms with E-state index in [1.165, 1.54) is 0 Å². The summed E-state index contributed by atoms with van der Waals surface area (Å²) < 4.78 is 10.9. The highest BCUT2D eigenvalue weighted by Gasteiger charge is 2.23. The molecule has 1 atom stereocenters. The molecule has 144 valence electrons. The lowest BCUT2D eigenvalue weighted by molar-refractivity contribution is 0.0151. The molecule has 1 amide bonds. The number of hydrogen-bond acceptors (Lipinski definition) is 4. The van der Waals surface area contributed by atoms with Crippen LogP contribution in [0.3, 0.4) is 0 Å². The van der Waals surface area contributed by atoms with Crippen LogP contribution in [0.25, 0.3) is 0 Å². The van der Waals surface area contributed by atoms with E-state index in [2.05, 4.69) is 0 Å². The summed E-state index contributed by atoms with van der Waals surface area (Å²) in [5.74, 6) is -0.377. The van der Waals surface area contributed by atoms with Crippen LogP contribution in [0.15, 0.2) is 60.7 Å². The molecule has 0 aliphatic heterocycles. The highest BCUT2D eigenvalue weighted by Crippen LogP contribution is 2.13. The van der Waals surface area contributed by atoms with Gasteiger partial charge >= 0.3 is 12.1 Å². The second-order valence-electron chi connectivity index (χ2n) is 6.25. The molecule has 0 bridgehead atoms. The monoisotopic (exact) mass is 369 g/mol. The maximum absolute atomic E-state index is 12.4. The number of carbonyl (C=O) groups excluding carboxylic acids is 2. The molecule has 0 saturated heterocycles. The smallest absolute Gasteiger partial charge is 0.410 e. The lowest BCUT2D eigenvalue weighted by atomic mass is 10.1. The summed E-state index contributed by atoms with van der Waals surface area (Å²) >= 11 is 0. The maximum atomic E-state index is 12.4. The van der Waals surface area contributed by atoms with Gasteiger partial charge in [-0.05, 0) is 31.0 Å². The van der Waals surface area contributed by atoms with Gasteiger partial charge in [0, 0.05) is 6.54 Å². The minimum absolute atomic E-state index is 0.292. The Morgan fingerprint density at radius 2 is 1.59 bits per heavy atom. The van der Waals surface area contributed by atoms with Crippen LogP contribution in [0.5, 0.6) is 0 Å². The van der Waals surface area contributed by atoms with Crippen molar-refractivity contribution in [2.75, 3.05) is 13.2 Å². The van der Waals surface area contributed by atoms with Crippen molar-refractivity contribution in [1.82, 2.24) is 4.90 Å². The summed E-state index contributed by atoms with van der Waals surface area (Å²) in [5.41, 5.74) is 1.50. The molecule has 27 heavy (non-hydrogen) atoms. The summed E-state index contributed by atoms with van der Waals surface area (Å²) in [4.78, 5) is 26.4. The molecule has 0 spiro atoms. The molecule has 2 aromatic carbocycles. The van der Waals surface area contributed by atoms with Crippen LogP contribution >= 0.6 is 0 Å². The van der Waals surface area contributed by atoms with Gasteiger partial charge in [0.2, 0.25) is 0 Å². The maximum Gasteiger partial charge on any atom is 0.410 e. The normalized spacial score (nSPS) is 11.5. The van der Waals surface area contributed by atoms with Gasteiger partial charge in [0.1, 0.15) is 6.10 Å².